The summed E-state index contributed by atoms with van der Waals surface area (Å²) in [4.78, 5) is 17.2. The number of rotatable bonds is 4. The molecule has 1 N–H and O–H groups in total. The zero-order valence-corrected chi connectivity index (χ0v) is 16.3. The molecule has 1 atom stereocenters. The fourth-order valence-corrected chi connectivity index (χ4v) is 2.97. The second kappa shape index (κ2) is 7.12. The molecule has 1 amide bonds. The molecule has 26 heavy (non-hydrogen) atoms. The highest BCUT2D eigenvalue weighted by atomic mass is 35.5. The van der Waals surface area contributed by atoms with Crippen molar-refractivity contribution in [1.29, 1.82) is 0 Å². The van der Waals surface area contributed by atoms with Crippen molar-refractivity contribution in [2.24, 2.45) is 5.41 Å². The summed E-state index contributed by atoms with van der Waals surface area (Å²) in [6.07, 6.45) is 0. The molecule has 1 heterocycles. The van der Waals surface area contributed by atoms with Crippen LogP contribution in [0.2, 0.25) is 5.02 Å². The molecule has 1 unspecified atom stereocenters. The SMILES string of the molecule is CC(NC(=O)C(C)(C)C)c1nc2ccccc2n1Cc1ccc(Cl)cc1. The number of halogens is 1. The molecule has 0 fully saturated rings. The van der Waals surface area contributed by atoms with Crippen molar-refractivity contribution in [3.05, 3.63) is 64.9 Å². The minimum Gasteiger partial charge on any atom is -0.346 e. The molecule has 0 spiro atoms. The first kappa shape index (κ1) is 18.5. The smallest absolute Gasteiger partial charge is 0.225 e. The van der Waals surface area contributed by atoms with E-state index in [0.29, 0.717) is 6.54 Å². The van der Waals surface area contributed by atoms with E-state index in [0.717, 1.165) is 27.4 Å². The number of hydrogen-bond acceptors (Lipinski definition) is 2. The number of para-hydroxylation sites is 2. The first-order valence-electron chi connectivity index (χ1n) is 8.76. The van der Waals surface area contributed by atoms with Crippen LogP contribution in [-0.2, 0) is 11.3 Å². The molecule has 0 aliphatic heterocycles. The number of aromatic nitrogens is 2. The van der Waals surface area contributed by atoms with Crippen molar-refractivity contribution in [3.8, 4) is 0 Å². The molecule has 0 aliphatic carbocycles. The zero-order chi connectivity index (χ0) is 18.9. The van der Waals surface area contributed by atoms with E-state index < -0.39 is 5.41 Å². The molecule has 136 valence electrons. The molecule has 3 aromatic rings. The molecule has 0 aliphatic rings. The Balaban J connectivity index is 1.99. The third-order valence-electron chi connectivity index (χ3n) is 4.35. The van der Waals surface area contributed by atoms with Gasteiger partial charge in [0, 0.05) is 17.0 Å². The maximum atomic E-state index is 12.4. The summed E-state index contributed by atoms with van der Waals surface area (Å²) in [5.74, 6) is 0.855. The lowest BCUT2D eigenvalue weighted by Crippen LogP contribution is -2.37. The number of nitrogens with zero attached hydrogens (tertiary/aromatic N) is 2. The lowest BCUT2D eigenvalue weighted by Gasteiger charge is -2.22. The fourth-order valence-electron chi connectivity index (χ4n) is 2.84. The molecule has 0 radical (unpaired) electrons. The van der Waals surface area contributed by atoms with Gasteiger partial charge >= 0.3 is 0 Å². The second-order valence-electron chi connectivity index (χ2n) is 7.62. The van der Waals surface area contributed by atoms with Crippen molar-refractivity contribution < 1.29 is 4.79 Å². The largest absolute Gasteiger partial charge is 0.346 e. The molecule has 0 bridgehead atoms. The van der Waals surface area contributed by atoms with Crippen molar-refractivity contribution in [3.63, 3.8) is 0 Å². The lowest BCUT2D eigenvalue weighted by atomic mass is 9.95. The quantitative estimate of drug-likeness (QED) is 0.706. The third-order valence-corrected chi connectivity index (χ3v) is 4.61. The van der Waals surface area contributed by atoms with Crippen molar-refractivity contribution >= 4 is 28.5 Å². The van der Waals surface area contributed by atoms with Crippen LogP contribution in [0.1, 0.15) is 45.1 Å². The number of carbonyl (C=O) groups excluding carboxylic acids is 1. The van der Waals surface area contributed by atoms with E-state index in [2.05, 4.69) is 16.0 Å². The number of nitrogens with one attached hydrogen (secondary N) is 1. The standard InChI is InChI=1S/C21H24ClN3O/c1-14(23-20(26)21(2,3)4)19-24-17-7-5-6-8-18(17)25(19)13-15-9-11-16(22)12-10-15/h5-12,14H,13H2,1-4H3,(H,23,26). The molecule has 0 saturated carbocycles. The highest BCUT2D eigenvalue weighted by Gasteiger charge is 2.25. The topological polar surface area (TPSA) is 46.9 Å². The van der Waals surface area contributed by atoms with Gasteiger partial charge in [0.25, 0.3) is 0 Å². The number of carbonyl (C=O) groups is 1. The summed E-state index contributed by atoms with van der Waals surface area (Å²) in [5, 5.41) is 3.81. The van der Waals surface area contributed by atoms with Gasteiger partial charge < -0.3 is 9.88 Å². The Labute approximate surface area is 159 Å². The van der Waals surface area contributed by atoms with Crippen LogP contribution >= 0.6 is 11.6 Å². The van der Waals surface area contributed by atoms with Gasteiger partial charge in [-0.15, -0.1) is 0 Å². The summed E-state index contributed by atoms with van der Waals surface area (Å²) >= 11 is 6.00. The second-order valence-corrected chi connectivity index (χ2v) is 8.05. The molecular weight excluding hydrogens is 346 g/mol. The van der Waals surface area contributed by atoms with Crippen LogP contribution in [0, 0.1) is 5.41 Å². The van der Waals surface area contributed by atoms with E-state index in [1.54, 1.807) is 0 Å². The van der Waals surface area contributed by atoms with Crippen molar-refractivity contribution in [2.75, 3.05) is 0 Å². The van der Waals surface area contributed by atoms with Gasteiger partial charge in [-0.25, -0.2) is 4.98 Å². The van der Waals surface area contributed by atoms with Crippen LogP contribution in [0.4, 0.5) is 0 Å². The van der Waals surface area contributed by atoms with Crippen molar-refractivity contribution in [1.82, 2.24) is 14.9 Å². The number of fused-ring (bicyclic) bond motifs is 1. The molecule has 1 aromatic heterocycles. The van der Waals surface area contributed by atoms with Gasteiger partial charge in [-0.3, -0.25) is 4.79 Å². The number of hydrogen-bond donors (Lipinski definition) is 1. The predicted octanol–water partition coefficient (Wildman–Crippen LogP) is 4.96. The normalized spacial score (nSPS) is 13.0. The highest BCUT2D eigenvalue weighted by molar-refractivity contribution is 6.30. The molecule has 4 nitrogen and oxygen atoms in total. The maximum Gasteiger partial charge on any atom is 0.225 e. The van der Waals surface area contributed by atoms with Gasteiger partial charge in [-0.2, -0.15) is 0 Å². The van der Waals surface area contributed by atoms with E-state index in [1.165, 1.54) is 0 Å². The van der Waals surface area contributed by atoms with Gasteiger partial charge in [0.05, 0.1) is 17.1 Å². The van der Waals surface area contributed by atoms with E-state index in [-0.39, 0.29) is 11.9 Å². The molecule has 5 heteroatoms. The number of amides is 1. The van der Waals surface area contributed by atoms with Gasteiger partial charge in [0.1, 0.15) is 5.82 Å². The van der Waals surface area contributed by atoms with Crippen LogP contribution in [-0.4, -0.2) is 15.5 Å². The Hall–Kier alpha value is -2.33. The van der Waals surface area contributed by atoms with Crippen molar-refractivity contribution in [2.45, 2.75) is 40.3 Å². The maximum absolute atomic E-state index is 12.4. The first-order valence-corrected chi connectivity index (χ1v) is 9.14. The summed E-state index contributed by atoms with van der Waals surface area (Å²) < 4.78 is 2.16. The predicted molar refractivity (Wildman–Crippen MR) is 106 cm³/mol. The minimum atomic E-state index is -0.443. The summed E-state index contributed by atoms with van der Waals surface area (Å²) in [6, 6.07) is 15.6. The van der Waals surface area contributed by atoms with Gasteiger partial charge in [-0.1, -0.05) is 56.6 Å². The Morgan fingerprint density at radius 1 is 1.15 bits per heavy atom. The summed E-state index contributed by atoms with van der Waals surface area (Å²) in [5.41, 5.74) is 2.66. The summed E-state index contributed by atoms with van der Waals surface area (Å²) in [7, 11) is 0. The highest BCUT2D eigenvalue weighted by Crippen LogP contribution is 2.24. The van der Waals surface area contributed by atoms with Gasteiger partial charge in [-0.05, 0) is 36.8 Å². The average molecular weight is 370 g/mol. The average Bonchev–Trinajstić information content (AvgIpc) is 2.95. The van der Waals surface area contributed by atoms with E-state index in [9.17, 15) is 4.79 Å². The van der Waals surface area contributed by atoms with E-state index in [4.69, 9.17) is 16.6 Å². The van der Waals surface area contributed by atoms with E-state index in [1.807, 2.05) is 70.2 Å². The van der Waals surface area contributed by atoms with Crippen LogP contribution in [0.15, 0.2) is 48.5 Å². The Kier molecular flexibility index (Phi) is 5.05. The van der Waals surface area contributed by atoms with Crippen LogP contribution in [0.25, 0.3) is 11.0 Å². The van der Waals surface area contributed by atoms with Crippen LogP contribution in [0.5, 0.6) is 0 Å². The Bertz CT molecular complexity index is 923. The Morgan fingerprint density at radius 3 is 2.46 bits per heavy atom. The number of imidazole rings is 1. The first-order chi connectivity index (χ1) is 12.3. The van der Waals surface area contributed by atoms with Gasteiger partial charge in [0.15, 0.2) is 0 Å². The number of benzene rings is 2. The van der Waals surface area contributed by atoms with Crippen LogP contribution < -0.4 is 5.32 Å². The summed E-state index contributed by atoms with van der Waals surface area (Å²) in [6.45, 7) is 8.37. The third kappa shape index (κ3) is 3.91. The van der Waals surface area contributed by atoms with E-state index >= 15 is 0 Å². The molecular formula is C21H24ClN3O. The van der Waals surface area contributed by atoms with Gasteiger partial charge in [0.2, 0.25) is 5.91 Å². The fraction of sp³-hybridized carbons (Fsp3) is 0.333. The Morgan fingerprint density at radius 2 is 1.81 bits per heavy atom. The molecule has 2 aromatic carbocycles. The van der Waals surface area contributed by atoms with Crippen LogP contribution in [0.3, 0.4) is 0 Å². The molecule has 0 saturated heterocycles. The lowest BCUT2D eigenvalue weighted by molar-refractivity contribution is -0.129. The monoisotopic (exact) mass is 369 g/mol. The zero-order valence-electron chi connectivity index (χ0n) is 15.6. The minimum absolute atomic E-state index is 0.00935. The molecule has 3 rings (SSSR count).